The molecule has 2 N–H and O–H groups in total. The highest BCUT2D eigenvalue weighted by Crippen LogP contribution is 2.31. The Balaban J connectivity index is 2.50. The fourth-order valence-electron chi connectivity index (χ4n) is 2.16. The highest BCUT2D eigenvalue weighted by Gasteiger charge is 2.41. The zero-order valence-corrected chi connectivity index (χ0v) is 12.3. The van der Waals surface area contributed by atoms with Gasteiger partial charge in [0.05, 0.1) is 17.3 Å². The fraction of sp³-hybridized carbons (Fsp3) is 0.188. The van der Waals surface area contributed by atoms with E-state index in [0.29, 0.717) is 16.3 Å². The van der Waals surface area contributed by atoms with Crippen molar-refractivity contribution >= 4 is 23.3 Å². The van der Waals surface area contributed by atoms with Crippen LogP contribution in [0.5, 0.6) is 0 Å². The molecule has 0 spiro atoms. The Morgan fingerprint density at radius 3 is 2.38 bits per heavy atom. The minimum atomic E-state index is -1.40. The van der Waals surface area contributed by atoms with Crippen LogP contribution in [0.25, 0.3) is 0 Å². The number of hydrogen-bond donors (Lipinski definition) is 2. The summed E-state index contributed by atoms with van der Waals surface area (Å²) < 4.78 is 5.15. The number of carboxylic acids is 1. The molecule has 1 atom stereocenters. The van der Waals surface area contributed by atoms with E-state index in [0.717, 1.165) is 0 Å². The molecule has 4 nitrogen and oxygen atoms in total. The van der Waals surface area contributed by atoms with Crippen LogP contribution >= 0.6 is 11.6 Å². The summed E-state index contributed by atoms with van der Waals surface area (Å²) in [6, 6.07) is 15.9. The van der Waals surface area contributed by atoms with Crippen molar-refractivity contribution in [2.45, 2.75) is 5.54 Å². The van der Waals surface area contributed by atoms with Crippen molar-refractivity contribution in [2.75, 3.05) is 19.0 Å². The Hall–Kier alpha value is -2.04. The first kappa shape index (κ1) is 15.4. The van der Waals surface area contributed by atoms with Crippen LogP contribution in [0.2, 0.25) is 5.02 Å². The Kier molecular flexibility index (Phi) is 4.83. The van der Waals surface area contributed by atoms with Crippen LogP contribution in [-0.2, 0) is 15.1 Å². The number of nitrogens with one attached hydrogen (secondary N) is 1. The minimum Gasteiger partial charge on any atom is -0.479 e. The van der Waals surface area contributed by atoms with Crippen molar-refractivity contribution in [3.8, 4) is 0 Å². The third kappa shape index (κ3) is 3.17. The quantitative estimate of drug-likeness (QED) is 0.859. The van der Waals surface area contributed by atoms with Crippen LogP contribution in [0.15, 0.2) is 54.6 Å². The van der Waals surface area contributed by atoms with Gasteiger partial charge in [0.2, 0.25) is 0 Å². The molecule has 0 radical (unpaired) electrons. The Bertz CT molecular complexity index is 618. The highest BCUT2D eigenvalue weighted by atomic mass is 35.5. The molecular weight excluding hydrogens is 290 g/mol. The van der Waals surface area contributed by atoms with Crippen molar-refractivity contribution in [1.82, 2.24) is 0 Å². The molecule has 0 aliphatic rings. The number of para-hydroxylation sites is 1. The van der Waals surface area contributed by atoms with Gasteiger partial charge < -0.3 is 15.2 Å². The zero-order valence-electron chi connectivity index (χ0n) is 11.5. The van der Waals surface area contributed by atoms with Crippen molar-refractivity contribution in [2.24, 2.45) is 0 Å². The van der Waals surface area contributed by atoms with E-state index in [1.807, 2.05) is 6.07 Å². The van der Waals surface area contributed by atoms with Crippen LogP contribution in [0, 0.1) is 0 Å². The monoisotopic (exact) mass is 305 g/mol. The largest absolute Gasteiger partial charge is 0.479 e. The molecule has 0 amide bonds. The third-order valence-electron chi connectivity index (χ3n) is 3.21. The standard InChI is InChI=1S/C16H16ClNO3/c1-21-11-16(15(19)20,12-7-3-2-4-8-12)18-14-10-6-5-9-13(14)17/h2-10,18H,11H2,1H3,(H,19,20). The van der Waals surface area contributed by atoms with Gasteiger partial charge in [-0.25, -0.2) is 4.79 Å². The third-order valence-corrected chi connectivity index (χ3v) is 3.54. The maximum Gasteiger partial charge on any atom is 0.336 e. The summed E-state index contributed by atoms with van der Waals surface area (Å²) in [4.78, 5) is 11.9. The number of carbonyl (C=O) groups is 1. The van der Waals surface area contributed by atoms with Crippen molar-refractivity contribution in [1.29, 1.82) is 0 Å². The number of benzene rings is 2. The smallest absolute Gasteiger partial charge is 0.336 e. The van der Waals surface area contributed by atoms with Gasteiger partial charge in [0.15, 0.2) is 5.54 Å². The van der Waals surface area contributed by atoms with E-state index < -0.39 is 11.5 Å². The fourth-order valence-corrected chi connectivity index (χ4v) is 2.34. The lowest BCUT2D eigenvalue weighted by Gasteiger charge is -2.31. The molecule has 0 aromatic heterocycles. The number of carboxylic acid groups (broad SMARTS) is 1. The number of halogens is 1. The number of methoxy groups -OCH3 is 1. The summed E-state index contributed by atoms with van der Waals surface area (Å²) in [6.07, 6.45) is 0. The van der Waals surface area contributed by atoms with Gasteiger partial charge in [-0.15, -0.1) is 0 Å². The SMILES string of the molecule is COCC(Nc1ccccc1Cl)(C(=O)O)c1ccccc1. The van der Waals surface area contributed by atoms with E-state index in [9.17, 15) is 9.90 Å². The number of anilines is 1. The number of rotatable bonds is 6. The molecule has 110 valence electrons. The van der Waals surface area contributed by atoms with Crippen LogP contribution in [0.4, 0.5) is 5.69 Å². The Labute approximate surface area is 128 Å². The first-order valence-corrected chi connectivity index (χ1v) is 6.78. The number of aliphatic carboxylic acids is 1. The molecule has 21 heavy (non-hydrogen) atoms. The van der Waals surface area contributed by atoms with Crippen LogP contribution in [0.1, 0.15) is 5.56 Å². The summed E-state index contributed by atoms with van der Waals surface area (Å²) in [7, 11) is 1.47. The average molecular weight is 306 g/mol. The van der Waals surface area contributed by atoms with Gasteiger partial charge in [0.1, 0.15) is 0 Å². The van der Waals surface area contributed by atoms with Gasteiger partial charge in [-0.2, -0.15) is 0 Å². The molecule has 1 unspecified atom stereocenters. The van der Waals surface area contributed by atoms with Gasteiger partial charge in [-0.05, 0) is 17.7 Å². The van der Waals surface area contributed by atoms with Crippen molar-refractivity contribution < 1.29 is 14.6 Å². The van der Waals surface area contributed by atoms with Crippen LogP contribution < -0.4 is 5.32 Å². The molecule has 0 aliphatic carbocycles. The molecule has 2 rings (SSSR count). The maximum atomic E-state index is 11.9. The second-order valence-corrected chi connectivity index (χ2v) is 5.02. The number of hydrogen-bond acceptors (Lipinski definition) is 3. The molecule has 0 heterocycles. The summed E-state index contributed by atoms with van der Waals surface area (Å²) >= 11 is 6.13. The van der Waals surface area contributed by atoms with E-state index >= 15 is 0 Å². The predicted octanol–water partition coefficient (Wildman–Crippen LogP) is 3.38. The minimum absolute atomic E-state index is 0.0302. The van der Waals surface area contributed by atoms with E-state index in [1.54, 1.807) is 48.5 Å². The second-order valence-electron chi connectivity index (χ2n) is 4.61. The van der Waals surface area contributed by atoms with Gasteiger partial charge in [0.25, 0.3) is 0 Å². The highest BCUT2D eigenvalue weighted by molar-refractivity contribution is 6.33. The van der Waals surface area contributed by atoms with E-state index in [1.165, 1.54) is 7.11 Å². The van der Waals surface area contributed by atoms with Gasteiger partial charge >= 0.3 is 5.97 Å². The lowest BCUT2D eigenvalue weighted by Crippen LogP contribution is -2.47. The molecule has 2 aromatic carbocycles. The van der Waals surface area contributed by atoms with Crippen LogP contribution in [0.3, 0.4) is 0 Å². The molecular formula is C16H16ClNO3. The summed E-state index contributed by atoms with van der Waals surface area (Å²) in [5, 5.41) is 13.2. The van der Waals surface area contributed by atoms with Crippen molar-refractivity contribution in [3.63, 3.8) is 0 Å². The maximum absolute atomic E-state index is 11.9. The van der Waals surface area contributed by atoms with E-state index in [-0.39, 0.29) is 6.61 Å². The first-order chi connectivity index (χ1) is 10.1. The number of ether oxygens (including phenoxy) is 1. The molecule has 2 aromatic rings. The topological polar surface area (TPSA) is 58.6 Å². The lowest BCUT2D eigenvalue weighted by atomic mass is 9.90. The molecule has 0 saturated heterocycles. The molecule has 0 fully saturated rings. The summed E-state index contributed by atoms with van der Waals surface area (Å²) in [5.41, 5.74) is -0.261. The molecule has 0 bridgehead atoms. The molecule has 0 saturated carbocycles. The summed E-state index contributed by atoms with van der Waals surface area (Å²) in [5.74, 6) is -1.03. The van der Waals surface area contributed by atoms with Gasteiger partial charge in [-0.1, -0.05) is 54.1 Å². The predicted molar refractivity (Wildman–Crippen MR) is 82.7 cm³/mol. The Morgan fingerprint density at radius 1 is 1.19 bits per heavy atom. The van der Waals surface area contributed by atoms with Crippen molar-refractivity contribution in [3.05, 3.63) is 65.2 Å². The zero-order chi connectivity index (χ0) is 15.3. The second kappa shape index (κ2) is 6.61. The normalized spacial score (nSPS) is 13.4. The first-order valence-electron chi connectivity index (χ1n) is 6.41. The molecule has 5 heteroatoms. The van der Waals surface area contributed by atoms with E-state index in [2.05, 4.69) is 5.32 Å². The average Bonchev–Trinajstić information content (AvgIpc) is 2.49. The van der Waals surface area contributed by atoms with E-state index in [4.69, 9.17) is 16.3 Å². The molecule has 0 aliphatic heterocycles. The Morgan fingerprint density at radius 2 is 1.81 bits per heavy atom. The summed E-state index contributed by atoms with van der Waals surface area (Å²) in [6.45, 7) is -0.0302. The van der Waals surface area contributed by atoms with Gasteiger partial charge in [0, 0.05) is 7.11 Å². The van der Waals surface area contributed by atoms with Gasteiger partial charge in [-0.3, -0.25) is 0 Å². The van der Waals surface area contributed by atoms with Crippen LogP contribution in [-0.4, -0.2) is 24.8 Å². The lowest BCUT2D eigenvalue weighted by molar-refractivity contribution is -0.144.